The number of hydrogen-bond donors (Lipinski definition) is 2. The van der Waals surface area contributed by atoms with Crippen LogP contribution < -0.4 is 5.32 Å². The van der Waals surface area contributed by atoms with Crippen LogP contribution in [-0.4, -0.2) is 18.3 Å². The fourth-order valence-corrected chi connectivity index (χ4v) is 2.73. The molecule has 0 atom stereocenters. The standard InChI is InChI=1S/C14H16FNOS/c1-10-2-5-14(18-10)13-8-12(15)4-3-11(13)9-16-6-7-17/h2-5,8,16-17H,6-7,9H2,1H3. The summed E-state index contributed by atoms with van der Waals surface area (Å²) in [6.07, 6.45) is 0. The summed E-state index contributed by atoms with van der Waals surface area (Å²) in [5, 5.41) is 11.9. The Kier molecular flexibility index (Phi) is 4.47. The largest absolute Gasteiger partial charge is 0.395 e. The highest BCUT2D eigenvalue weighted by Gasteiger charge is 2.08. The van der Waals surface area contributed by atoms with E-state index >= 15 is 0 Å². The molecule has 0 spiro atoms. The molecule has 0 aliphatic rings. The van der Waals surface area contributed by atoms with E-state index in [1.165, 1.54) is 10.9 Å². The van der Waals surface area contributed by atoms with Gasteiger partial charge in [-0.25, -0.2) is 4.39 Å². The molecule has 2 nitrogen and oxygen atoms in total. The lowest BCUT2D eigenvalue weighted by atomic mass is 10.1. The van der Waals surface area contributed by atoms with Gasteiger partial charge in [0.25, 0.3) is 0 Å². The van der Waals surface area contributed by atoms with Crippen LogP contribution in [0.5, 0.6) is 0 Å². The zero-order valence-electron chi connectivity index (χ0n) is 10.2. The molecule has 1 aromatic heterocycles. The first-order valence-corrected chi connectivity index (χ1v) is 6.69. The van der Waals surface area contributed by atoms with Gasteiger partial charge in [-0.05, 0) is 42.3 Å². The van der Waals surface area contributed by atoms with Crippen molar-refractivity contribution in [2.24, 2.45) is 0 Å². The SMILES string of the molecule is Cc1ccc(-c2cc(F)ccc2CNCCO)s1. The number of aryl methyl sites for hydroxylation is 1. The Bertz CT molecular complexity index is 524. The van der Waals surface area contributed by atoms with Crippen LogP contribution >= 0.6 is 11.3 Å². The van der Waals surface area contributed by atoms with Crippen LogP contribution in [-0.2, 0) is 6.54 Å². The van der Waals surface area contributed by atoms with E-state index in [1.807, 2.05) is 19.1 Å². The number of halogens is 1. The molecule has 0 bridgehead atoms. The quantitative estimate of drug-likeness (QED) is 0.815. The van der Waals surface area contributed by atoms with Crippen molar-refractivity contribution in [3.63, 3.8) is 0 Å². The van der Waals surface area contributed by atoms with Crippen molar-refractivity contribution in [3.8, 4) is 10.4 Å². The number of hydrogen-bond acceptors (Lipinski definition) is 3. The third-order valence-corrected chi connectivity index (χ3v) is 3.72. The van der Waals surface area contributed by atoms with Crippen molar-refractivity contribution in [1.82, 2.24) is 5.32 Å². The summed E-state index contributed by atoms with van der Waals surface area (Å²) in [7, 11) is 0. The monoisotopic (exact) mass is 265 g/mol. The van der Waals surface area contributed by atoms with Crippen LogP contribution in [0, 0.1) is 12.7 Å². The average molecular weight is 265 g/mol. The van der Waals surface area contributed by atoms with Gasteiger partial charge >= 0.3 is 0 Å². The molecule has 4 heteroatoms. The van der Waals surface area contributed by atoms with Crippen molar-refractivity contribution >= 4 is 11.3 Å². The average Bonchev–Trinajstić information content (AvgIpc) is 2.78. The van der Waals surface area contributed by atoms with E-state index < -0.39 is 0 Å². The summed E-state index contributed by atoms with van der Waals surface area (Å²) >= 11 is 1.66. The first-order chi connectivity index (χ1) is 8.70. The summed E-state index contributed by atoms with van der Waals surface area (Å²) in [5.74, 6) is -0.220. The number of thiophene rings is 1. The number of nitrogens with one attached hydrogen (secondary N) is 1. The number of aliphatic hydroxyl groups is 1. The fourth-order valence-electron chi connectivity index (χ4n) is 1.81. The van der Waals surface area contributed by atoms with Gasteiger partial charge in [-0.3, -0.25) is 0 Å². The topological polar surface area (TPSA) is 32.3 Å². The maximum Gasteiger partial charge on any atom is 0.123 e. The summed E-state index contributed by atoms with van der Waals surface area (Å²) in [4.78, 5) is 2.29. The first-order valence-electron chi connectivity index (χ1n) is 5.87. The van der Waals surface area contributed by atoms with Gasteiger partial charge < -0.3 is 10.4 Å². The number of benzene rings is 1. The molecule has 0 saturated heterocycles. The minimum Gasteiger partial charge on any atom is -0.395 e. The van der Waals surface area contributed by atoms with Gasteiger partial charge in [0.1, 0.15) is 5.82 Å². The molecule has 0 unspecified atom stereocenters. The van der Waals surface area contributed by atoms with Crippen molar-refractivity contribution in [2.75, 3.05) is 13.2 Å². The maximum absolute atomic E-state index is 13.4. The molecule has 96 valence electrons. The van der Waals surface area contributed by atoms with E-state index in [0.717, 1.165) is 16.0 Å². The molecule has 1 aromatic carbocycles. The summed E-state index contributed by atoms with van der Waals surface area (Å²) < 4.78 is 13.4. The second-order valence-electron chi connectivity index (χ2n) is 4.11. The Morgan fingerprint density at radius 2 is 2.11 bits per heavy atom. The van der Waals surface area contributed by atoms with E-state index in [2.05, 4.69) is 5.32 Å². The molecular weight excluding hydrogens is 249 g/mol. The molecule has 18 heavy (non-hydrogen) atoms. The minimum atomic E-state index is -0.220. The van der Waals surface area contributed by atoms with Crippen LogP contribution in [0.4, 0.5) is 4.39 Å². The highest BCUT2D eigenvalue weighted by Crippen LogP contribution is 2.31. The van der Waals surface area contributed by atoms with Crippen LogP contribution in [0.15, 0.2) is 30.3 Å². The highest BCUT2D eigenvalue weighted by atomic mass is 32.1. The zero-order chi connectivity index (χ0) is 13.0. The summed E-state index contributed by atoms with van der Waals surface area (Å²) in [5.41, 5.74) is 1.98. The molecule has 0 saturated carbocycles. The fraction of sp³-hybridized carbons (Fsp3) is 0.286. The summed E-state index contributed by atoms with van der Waals surface area (Å²) in [6.45, 7) is 3.32. The van der Waals surface area contributed by atoms with Crippen molar-refractivity contribution in [1.29, 1.82) is 0 Å². The molecule has 0 fully saturated rings. The highest BCUT2D eigenvalue weighted by molar-refractivity contribution is 7.15. The Hall–Kier alpha value is -1.23. The third-order valence-electron chi connectivity index (χ3n) is 2.68. The van der Waals surface area contributed by atoms with E-state index in [-0.39, 0.29) is 12.4 Å². The Labute approximate surface area is 110 Å². The van der Waals surface area contributed by atoms with Gasteiger partial charge in [-0.1, -0.05) is 6.07 Å². The van der Waals surface area contributed by atoms with Gasteiger partial charge in [0.2, 0.25) is 0 Å². The molecule has 0 amide bonds. The number of rotatable bonds is 5. The van der Waals surface area contributed by atoms with E-state index in [9.17, 15) is 4.39 Å². The molecular formula is C14H16FNOS. The summed E-state index contributed by atoms with van der Waals surface area (Å²) in [6, 6.07) is 8.89. The van der Waals surface area contributed by atoms with Crippen LogP contribution in [0.25, 0.3) is 10.4 Å². The smallest absolute Gasteiger partial charge is 0.123 e. The first kappa shape index (κ1) is 13.2. The molecule has 2 aromatic rings. The zero-order valence-corrected chi connectivity index (χ0v) is 11.1. The predicted molar refractivity (Wildman–Crippen MR) is 73.2 cm³/mol. The van der Waals surface area contributed by atoms with Crippen LogP contribution in [0.3, 0.4) is 0 Å². The van der Waals surface area contributed by atoms with E-state index in [4.69, 9.17) is 5.11 Å². The van der Waals surface area contributed by atoms with Gasteiger partial charge in [0.15, 0.2) is 0 Å². The normalized spacial score (nSPS) is 10.8. The maximum atomic E-state index is 13.4. The minimum absolute atomic E-state index is 0.106. The Morgan fingerprint density at radius 1 is 1.28 bits per heavy atom. The lowest BCUT2D eigenvalue weighted by Gasteiger charge is -2.09. The van der Waals surface area contributed by atoms with Gasteiger partial charge in [0.05, 0.1) is 6.61 Å². The van der Waals surface area contributed by atoms with Crippen LogP contribution in [0.1, 0.15) is 10.4 Å². The molecule has 0 aliphatic carbocycles. The van der Waals surface area contributed by atoms with Gasteiger partial charge in [-0.2, -0.15) is 0 Å². The lowest BCUT2D eigenvalue weighted by molar-refractivity contribution is 0.292. The molecule has 0 aliphatic heterocycles. The molecule has 1 heterocycles. The molecule has 0 radical (unpaired) electrons. The Balaban J connectivity index is 2.29. The van der Waals surface area contributed by atoms with E-state index in [1.54, 1.807) is 23.5 Å². The van der Waals surface area contributed by atoms with Gasteiger partial charge in [-0.15, -0.1) is 11.3 Å². The van der Waals surface area contributed by atoms with Crippen molar-refractivity contribution < 1.29 is 9.50 Å². The van der Waals surface area contributed by atoms with Crippen LogP contribution in [0.2, 0.25) is 0 Å². The Morgan fingerprint density at radius 3 is 2.78 bits per heavy atom. The van der Waals surface area contributed by atoms with Crippen molar-refractivity contribution in [2.45, 2.75) is 13.5 Å². The van der Waals surface area contributed by atoms with Gasteiger partial charge in [0, 0.05) is 22.8 Å². The second kappa shape index (κ2) is 6.09. The van der Waals surface area contributed by atoms with Crippen molar-refractivity contribution in [3.05, 3.63) is 46.6 Å². The molecule has 2 rings (SSSR count). The predicted octanol–water partition coefficient (Wildman–Crippen LogP) is 2.94. The number of aliphatic hydroxyl groups excluding tert-OH is 1. The lowest BCUT2D eigenvalue weighted by Crippen LogP contribution is -2.17. The third kappa shape index (κ3) is 3.16. The second-order valence-corrected chi connectivity index (χ2v) is 5.40. The molecule has 2 N–H and O–H groups in total. The van der Waals surface area contributed by atoms with E-state index in [0.29, 0.717) is 13.1 Å².